The molecule has 0 radical (unpaired) electrons. The van der Waals surface area contributed by atoms with Gasteiger partial charge in [0.05, 0.1) is 12.8 Å². The van der Waals surface area contributed by atoms with Gasteiger partial charge in [-0.3, -0.25) is 9.69 Å². The first kappa shape index (κ1) is 13.3. The van der Waals surface area contributed by atoms with Crippen LogP contribution in [-0.2, 0) is 11.3 Å². The van der Waals surface area contributed by atoms with Crippen LogP contribution in [0.4, 0.5) is 0 Å². The van der Waals surface area contributed by atoms with Crippen LogP contribution in [0.1, 0.15) is 43.4 Å². The number of hydrogen-bond acceptors (Lipinski definition) is 3. The second-order valence-corrected chi connectivity index (χ2v) is 5.48. The first-order chi connectivity index (χ1) is 8.66. The van der Waals surface area contributed by atoms with Gasteiger partial charge in [-0.15, -0.1) is 0 Å². The van der Waals surface area contributed by atoms with Crippen molar-refractivity contribution in [1.82, 2.24) is 4.90 Å². The van der Waals surface area contributed by atoms with Gasteiger partial charge in [-0.25, -0.2) is 0 Å². The smallest absolute Gasteiger partial charge is 0.149 e. The van der Waals surface area contributed by atoms with E-state index in [1.54, 1.807) is 6.26 Å². The van der Waals surface area contributed by atoms with Gasteiger partial charge in [0.15, 0.2) is 0 Å². The van der Waals surface area contributed by atoms with Crippen LogP contribution >= 0.6 is 0 Å². The van der Waals surface area contributed by atoms with Crippen molar-refractivity contribution < 1.29 is 9.21 Å². The number of furan rings is 1. The van der Waals surface area contributed by atoms with Crippen LogP contribution in [0.25, 0.3) is 0 Å². The van der Waals surface area contributed by atoms with E-state index >= 15 is 0 Å². The number of nitrogens with zero attached hydrogens (tertiary/aromatic N) is 1. The molecule has 0 amide bonds. The van der Waals surface area contributed by atoms with Gasteiger partial charge in [0.1, 0.15) is 11.5 Å². The van der Waals surface area contributed by atoms with Gasteiger partial charge in [0.2, 0.25) is 0 Å². The second-order valence-electron chi connectivity index (χ2n) is 5.48. The second kappa shape index (κ2) is 6.19. The van der Waals surface area contributed by atoms with Crippen LogP contribution < -0.4 is 0 Å². The molecule has 1 heterocycles. The largest absolute Gasteiger partial charge is 0.469 e. The summed E-state index contributed by atoms with van der Waals surface area (Å²) >= 11 is 0. The summed E-state index contributed by atoms with van der Waals surface area (Å²) in [5, 5.41) is 0. The molecule has 0 bridgehead atoms. The van der Waals surface area contributed by atoms with Gasteiger partial charge in [-0.2, -0.15) is 0 Å². The Morgan fingerprint density at radius 2 is 2.11 bits per heavy atom. The Morgan fingerprint density at radius 3 is 2.72 bits per heavy atom. The summed E-state index contributed by atoms with van der Waals surface area (Å²) in [5.41, 5.74) is 1.17. The minimum Gasteiger partial charge on any atom is -0.469 e. The molecule has 100 valence electrons. The lowest BCUT2D eigenvalue weighted by Crippen LogP contribution is -2.31. The summed E-state index contributed by atoms with van der Waals surface area (Å²) in [4.78, 5) is 14.2. The Bertz CT molecular complexity index is 391. The van der Waals surface area contributed by atoms with E-state index in [1.807, 2.05) is 20.0 Å². The van der Waals surface area contributed by atoms with Crippen molar-refractivity contribution >= 4 is 5.78 Å². The fourth-order valence-electron chi connectivity index (χ4n) is 2.74. The molecule has 0 spiro atoms. The molecule has 0 N–H and O–H groups in total. The lowest BCUT2D eigenvalue weighted by molar-refractivity contribution is -0.124. The predicted octanol–water partition coefficient (Wildman–Crippen LogP) is 3.17. The Morgan fingerprint density at radius 1 is 1.39 bits per heavy atom. The SMILES string of the molecule is Cc1occc1CN(C)CC(=O)C1CCCCC1. The quantitative estimate of drug-likeness (QED) is 0.803. The highest BCUT2D eigenvalue weighted by Gasteiger charge is 2.22. The zero-order valence-electron chi connectivity index (χ0n) is 11.4. The maximum Gasteiger partial charge on any atom is 0.149 e. The average molecular weight is 249 g/mol. The van der Waals surface area contributed by atoms with Crippen LogP contribution in [-0.4, -0.2) is 24.3 Å². The molecule has 0 unspecified atom stereocenters. The lowest BCUT2D eigenvalue weighted by atomic mass is 9.86. The third-order valence-corrected chi connectivity index (χ3v) is 3.89. The standard InChI is InChI=1S/C15H23NO2/c1-12-14(8-9-18-12)10-16(2)11-15(17)13-6-4-3-5-7-13/h8-9,13H,3-7,10-11H2,1-2H3. The van der Waals surface area contributed by atoms with Crippen molar-refractivity contribution in [1.29, 1.82) is 0 Å². The fourth-order valence-corrected chi connectivity index (χ4v) is 2.74. The summed E-state index contributed by atoms with van der Waals surface area (Å²) in [6, 6.07) is 1.98. The van der Waals surface area contributed by atoms with E-state index in [1.165, 1.54) is 24.8 Å². The summed E-state index contributed by atoms with van der Waals surface area (Å²) in [6.45, 7) is 3.32. The molecule has 1 aromatic heterocycles. The molecule has 0 aliphatic heterocycles. The summed E-state index contributed by atoms with van der Waals surface area (Å²) in [7, 11) is 2.01. The third-order valence-electron chi connectivity index (χ3n) is 3.89. The number of hydrogen-bond donors (Lipinski definition) is 0. The molecule has 2 rings (SSSR count). The van der Waals surface area contributed by atoms with Crippen molar-refractivity contribution in [2.45, 2.75) is 45.6 Å². The number of carbonyl (C=O) groups excluding carboxylic acids is 1. The molecule has 1 aromatic rings. The minimum atomic E-state index is 0.312. The molecule has 1 fully saturated rings. The Kier molecular flexibility index (Phi) is 4.59. The van der Waals surface area contributed by atoms with Gasteiger partial charge < -0.3 is 4.42 Å². The first-order valence-electron chi connectivity index (χ1n) is 6.91. The predicted molar refractivity (Wildman–Crippen MR) is 71.4 cm³/mol. The van der Waals surface area contributed by atoms with E-state index in [4.69, 9.17) is 4.42 Å². The molecular weight excluding hydrogens is 226 g/mol. The number of likely N-dealkylation sites (N-methyl/N-ethyl adjacent to an activating group) is 1. The van der Waals surface area contributed by atoms with Crippen molar-refractivity contribution in [3.8, 4) is 0 Å². The summed E-state index contributed by atoms with van der Waals surface area (Å²) in [5.74, 6) is 1.68. The Labute approximate surface area is 109 Å². The van der Waals surface area contributed by atoms with E-state index < -0.39 is 0 Å². The van der Waals surface area contributed by atoms with Crippen LogP contribution in [0.3, 0.4) is 0 Å². The van der Waals surface area contributed by atoms with Crippen molar-refractivity contribution in [3.63, 3.8) is 0 Å². The molecule has 1 aliphatic carbocycles. The number of Topliss-reactive ketones (excluding diaryl/α,β-unsaturated/α-hetero) is 1. The maximum absolute atomic E-state index is 12.2. The topological polar surface area (TPSA) is 33.5 Å². The molecule has 0 atom stereocenters. The Balaban J connectivity index is 1.81. The highest BCUT2D eigenvalue weighted by atomic mass is 16.3. The maximum atomic E-state index is 12.2. The number of carbonyl (C=O) groups is 1. The van der Waals surface area contributed by atoms with Crippen LogP contribution in [0.5, 0.6) is 0 Å². The van der Waals surface area contributed by atoms with Crippen molar-refractivity contribution in [2.24, 2.45) is 5.92 Å². The number of aryl methyl sites for hydroxylation is 1. The number of rotatable bonds is 5. The van der Waals surface area contributed by atoms with Crippen molar-refractivity contribution in [2.75, 3.05) is 13.6 Å². The fraction of sp³-hybridized carbons (Fsp3) is 0.667. The van der Waals surface area contributed by atoms with Crippen LogP contribution in [0.15, 0.2) is 16.7 Å². The third kappa shape index (κ3) is 3.45. The zero-order chi connectivity index (χ0) is 13.0. The zero-order valence-corrected chi connectivity index (χ0v) is 11.4. The van der Waals surface area contributed by atoms with Gasteiger partial charge >= 0.3 is 0 Å². The molecule has 0 aromatic carbocycles. The summed E-state index contributed by atoms with van der Waals surface area (Å²) in [6.07, 6.45) is 7.64. The Hall–Kier alpha value is -1.09. The average Bonchev–Trinajstić information content (AvgIpc) is 2.76. The van der Waals surface area contributed by atoms with Gasteiger partial charge in [0.25, 0.3) is 0 Å². The lowest BCUT2D eigenvalue weighted by Gasteiger charge is -2.23. The highest BCUT2D eigenvalue weighted by Crippen LogP contribution is 2.24. The van der Waals surface area contributed by atoms with Crippen LogP contribution in [0.2, 0.25) is 0 Å². The first-order valence-corrected chi connectivity index (χ1v) is 6.91. The van der Waals surface area contributed by atoms with E-state index in [9.17, 15) is 4.79 Å². The molecule has 0 saturated heterocycles. The van der Waals surface area contributed by atoms with Gasteiger partial charge in [-0.05, 0) is 32.9 Å². The van der Waals surface area contributed by atoms with E-state index in [0.29, 0.717) is 18.2 Å². The van der Waals surface area contributed by atoms with E-state index in [0.717, 1.165) is 25.1 Å². The van der Waals surface area contributed by atoms with Crippen molar-refractivity contribution in [3.05, 3.63) is 23.7 Å². The van der Waals surface area contributed by atoms with Crippen LogP contribution in [0, 0.1) is 12.8 Å². The monoisotopic (exact) mass is 249 g/mol. The highest BCUT2D eigenvalue weighted by molar-refractivity contribution is 5.83. The van der Waals surface area contributed by atoms with Gasteiger partial charge in [0, 0.05) is 18.0 Å². The molecule has 1 aliphatic rings. The molecule has 1 saturated carbocycles. The normalized spacial score (nSPS) is 17.3. The molecular formula is C15H23NO2. The van der Waals surface area contributed by atoms with E-state index in [2.05, 4.69) is 4.90 Å². The molecule has 3 heteroatoms. The number of ketones is 1. The van der Waals surface area contributed by atoms with E-state index in [-0.39, 0.29) is 0 Å². The molecule has 3 nitrogen and oxygen atoms in total. The molecule has 18 heavy (non-hydrogen) atoms. The van der Waals surface area contributed by atoms with Gasteiger partial charge in [-0.1, -0.05) is 19.3 Å². The minimum absolute atomic E-state index is 0.312. The summed E-state index contributed by atoms with van der Waals surface area (Å²) < 4.78 is 5.28.